The summed E-state index contributed by atoms with van der Waals surface area (Å²) in [6, 6.07) is 15.4. The minimum Gasteiger partial charge on any atom is -0.354 e. The summed E-state index contributed by atoms with van der Waals surface area (Å²) in [5.74, 6) is -0.0461. The van der Waals surface area contributed by atoms with E-state index in [9.17, 15) is 13.2 Å². The van der Waals surface area contributed by atoms with Crippen LogP contribution in [0.2, 0.25) is 0 Å². The molecule has 0 spiro atoms. The van der Waals surface area contributed by atoms with Gasteiger partial charge >= 0.3 is 0 Å². The van der Waals surface area contributed by atoms with Gasteiger partial charge in [-0.2, -0.15) is 5.10 Å². The molecule has 34 heavy (non-hydrogen) atoms. The molecule has 0 fully saturated rings. The zero-order chi connectivity index (χ0) is 25.0. The first kappa shape index (κ1) is 25.5. The van der Waals surface area contributed by atoms with Gasteiger partial charge in [0.05, 0.1) is 17.1 Å². The largest absolute Gasteiger partial charge is 0.354 e. The Morgan fingerprint density at radius 2 is 1.76 bits per heavy atom. The number of aromatic nitrogens is 2. The smallest absolute Gasteiger partial charge is 0.268 e. The third-order valence-electron chi connectivity index (χ3n) is 5.94. The van der Waals surface area contributed by atoms with E-state index in [1.54, 1.807) is 37.7 Å². The van der Waals surface area contributed by atoms with Gasteiger partial charge in [-0.25, -0.2) is 8.42 Å². The lowest BCUT2D eigenvalue weighted by atomic mass is 10.0. The number of sulfonamides is 1. The van der Waals surface area contributed by atoms with Crippen molar-refractivity contribution in [3.63, 3.8) is 0 Å². The van der Waals surface area contributed by atoms with Crippen LogP contribution in [-0.2, 0) is 28.3 Å². The molecule has 0 bridgehead atoms. The zero-order valence-corrected chi connectivity index (χ0v) is 21.6. The number of aryl methyl sites for hydroxylation is 3. The number of hydrogen-bond donors (Lipinski definition) is 1. The first-order chi connectivity index (χ1) is 16.0. The van der Waals surface area contributed by atoms with Crippen molar-refractivity contribution in [3.8, 4) is 0 Å². The van der Waals surface area contributed by atoms with E-state index in [1.807, 2.05) is 37.3 Å². The third-order valence-corrected chi connectivity index (χ3v) is 7.97. The lowest BCUT2D eigenvalue weighted by Gasteiger charge is -2.24. The van der Waals surface area contributed by atoms with Crippen molar-refractivity contribution in [1.29, 1.82) is 0 Å². The van der Waals surface area contributed by atoms with Gasteiger partial charge in [-0.3, -0.25) is 13.8 Å². The summed E-state index contributed by atoms with van der Waals surface area (Å²) in [4.78, 5) is 13.0. The van der Waals surface area contributed by atoms with Crippen molar-refractivity contribution in [2.45, 2.75) is 51.9 Å². The maximum absolute atomic E-state index is 13.8. The molecular formula is C26H34N4O3S. The summed E-state index contributed by atoms with van der Waals surface area (Å²) < 4.78 is 30.3. The van der Waals surface area contributed by atoms with Crippen LogP contribution in [0.15, 0.2) is 53.4 Å². The van der Waals surface area contributed by atoms with Crippen molar-refractivity contribution in [2.24, 2.45) is 7.05 Å². The van der Waals surface area contributed by atoms with Crippen LogP contribution in [0.4, 0.5) is 5.69 Å². The van der Waals surface area contributed by atoms with Gasteiger partial charge in [-0.05, 0) is 56.4 Å². The first-order valence-corrected chi connectivity index (χ1v) is 12.9. The van der Waals surface area contributed by atoms with Crippen molar-refractivity contribution >= 4 is 21.6 Å². The van der Waals surface area contributed by atoms with Gasteiger partial charge in [-0.15, -0.1) is 0 Å². The lowest BCUT2D eigenvalue weighted by Crippen LogP contribution is -2.41. The normalized spacial score (nSPS) is 11.6. The Morgan fingerprint density at radius 3 is 2.32 bits per heavy atom. The summed E-state index contributed by atoms with van der Waals surface area (Å²) in [5, 5.41) is 7.14. The van der Waals surface area contributed by atoms with Crippen LogP contribution >= 0.6 is 0 Å². The number of carbonyl (C=O) groups excluding carboxylic acids is 1. The summed E-state index contributed by atoms with van der Waals surface area (Å²) >= 11 is 0. The quantitative estimate of drug-likeness (QED) is 0.499. The van der Waals surface area contributed by atoms with Gasteiger partial charge in [0.15, 0.2) is 0 Å². The van der Waals surface area contributed by atoms with Crippen LogP contribution in [0.1, 0.15) is 47.8 Å². The predicted octanol–water partition coefficient (Wildman–Crippen LogP) is 4.02. The fourth-order valence-electron chi connectivity index (χ4n) is 3.98. The number of anilines is 1. The molecule has 3 aromatic rings. The Bertz CT molecular complexity index is 1260. The monoisotopic (exact) mass is 482 g/mol. The van der Waals surface area contributed by atoms with E-state index in [2.05, 4.69) is 30.3 Å². The number of nitrogens with zero attached hydrogens (tertiary/aromatic N) is 3. The average molecular weight is 483 g/mol. The van der Waals surface area contributed by atoms with Gasteiger partial charge in [0, 0.05) is 13.6 Å². The highest BCUT2D eigenvalue weighted by molar-refractivity contribution is 7.93. The molecule has 1 amide bonds. The lowest BCUT2D eigenvalue weighted by molar-refractivity contribution is -0.119. The van der Waals surface area contributed by atoms with Crippen molar-refractivity contribution in [2.75, 3.05) is 17.4 Å². The average Bonchev–Trinajstić information content (AvgIpc) is 3.03. The minimum absolute atomic E-state index is 0.135. The van der Waals surface area contributed by atoms with Gasteiger partial charge in [0.1, 0.15) is 11.4 Å². The number of nitrogens with one attached hydrogen (secondary N) is 1. The maximum atomic E-state index is 13.8. The van der Waals surface area contributed by atoms with E-state index in [0.717, 1.165) is 16.7 Å². The molecular weight excluding hydrogens is 448 g/mol. The highest BCUT2D eigenvalue weighted by atomic mass is 32.2. The maximum Gasteiger partial charge on any atom is 0.268 e. The zero-order valence-electron chi connectivity index (χ0n) is 20.8. The van der Waals surface area contributed by atoms with Gasteiger partial charge in [0.2, 0.25) is 5.91 Å². The molecule has 1 N–H and O–H groups in total. The van der Waals surface area contributed by atoms with Crippen LogP contribution in [0.25, 0.3) is 0 Å². The van der Waals surface area contributed by atoms with E-state index in [1.165, 1.54) is 4.31 Å². The van der Waals surface area contributed by atoms with Crippen molar-refractivity contribution in [1.82, 2.24) is 15.1 Å². The Morgan fingerprint density at radius 1 is 1.09 bits per heavy atom. The van der Waals surface area contributed by atoms with Crippen LogP contribution in [-0.4, -0.2) is 37.2 Å². The summed E-state index contributed by atoms with van der Waals surface area (Å²) in [6.45, 7) is 9.67. The molecule has 3 rings (SSSR count). The molecule has 0 radical (unpaired) electrons. The van der Waals surface area contributed by atoms with Crippen LogP contribution in [0, 0.1) is 20.8 Å². The number of hydrogen-bond acceptors (Lipinski definition) is 4. The van der Waals surface area contributed by atoms with Gasteiger partial charge < -0.3 is 5.32 Å². The number of rotatable bonds is 9. The topological polar surface area (TPSA) is 84.3 Å². The van der Waals surface area contributed by atoms with Gasteiger partial charge in [-0.1, -0.05) is 55.8 Å². The van der Waals surface area contributed by atoms with Crippen LogP contribution < -0.4 is 9.62 Å². The molecule has 1 heterocycles. The highest BCUT2D eigenvalue weighted by Crippen LogP contribution is 2.29. The highest BCUT2D eigenvalue weighted by Gasteiger charge is 2.32. The van der Waals surface area contributed by atoms with E-state index in [4.69, 9.17) is 0 Å². The van der Waals surface area contributed by atoms with Crippen molar-refractivity contribution in [3.05, 3.63) is 76.6 Å². The fourth-order valence-corrected chi connectivity index (χ4v) is 5.80. The number of benzene rings is 2. The molecule has 0 saturated carbocycles. The molecule has 0 aliphatic heterocycles. The first-order valence-electron chi connectivity index (χ1n) is 11.5. The predicted molar refractivity (Wildman–Crippen MR) is 136 cm³/mol. The van der Waals surface area contributed by atoms with Crippen LogP contribution in [0.5, 0.6) is 0 Å². The molecule has 0 saturated heterocycles. The van der Waals surface area contributed by atoms with Gasteiger partial charge in [0.25, 0.3) is 10.0 Å². The van der Waals surface area contributed by atoms with Crippen LogP contribution in [0.3, 0.4) is 0 Å². The Balaban J connectivity index is 1.86. The summed E-state index contributed by atoms with van der Waals surface area (Å²) in [7, 11) is -2.31. The molecule has 2 aromatic carbocycles. The molecule has 0 atom stereocenters. The fraction of sp³-hybridized carbons (Fsp3) is 0.385. The summed E-state index contributed by atoms with van der Waals surface area (Å²) in [6.07, 6.45) is 0.671. The van der Waals surface area contributed by atoms with E-state index >= 15 is 0 Å². The third kappa shape index (κ3) is 5.67. The summed E-state index contributed by atoms with van der Waals surface area (Å²) in [5.41, 5.74) is 4.76. The second kappa shape index (κ2) is 10.4. The standard InChI is InChI=1S/C26H34N4O3S/c1-18(2)23-10-12-24(13-11-23)30(34(32,33)26-20(4)28-29(6)21(26)5)17-25(31)27-15-14-22-9-7-8-19(3)16-22/h7-13,16,18H,14-15,17H2,1-6H3,(H,27,31). The SMILES string of the molecule is Cc1cccc(CCNC(=O)CN(c2ccc(C(C)C)cc2)S(=O)(=O)c2c(C)nn(C)c2C)c1. The molecule has 7 nitrogen and oxygen atoms in total. The Hall–Kier alpha value is -3.13. The van der Waals surface area contributed by atoms with E-state index in [-0.39, 0.29) is 17.3 Å². The Labute approximate surface area is 202 Å². The molecule has 8 heteroatoms. The molecule has 0 aliphatic rings. The second-order valence-corrected chi connectivity index (χ2v) is 10.8. The van der Waals surface area contributed by atoms with Crippen molar-refractivity contribution < 1.29 is 13.2 Å². The van der Waals surface area contributed by atoms with E-state index in [0.29, 0.717) is 36.0 Å². The minimum atomic E-state index is -4.02. The van der Waals surface area contributed by atoms with E-state index < -0.39 is 10.0 Å². The number of amides is 1. The Kier molecular flexibility index (Phi) is 7.82. The molecule has 0 aliphatic carbocycles. The molecule has 1 aromatic heterocycles. The molecule has 0 unspecified atom stereocenters. The second-order valence-electron chi connectivity index (χ2n) is 8.97. The molecule has 182 valence electrons. The number of carbonyl (C=O) groups is 1.